The van der Waals surface area contributed by atoms with Gasteiger partial charge < -0.3 is 15.8 Å². The van der Waals surface area contributed by atoms with Crippen LogP contribution >= 0.6 is 0 Å². The lowest BCUT2D eigenvalue weighted by atomic mass is 9.99. The van der Waals surface area contributed by atoms with Crippen molar-refractivity contribution in [3.63, 3.8) is 0 Å². The number of benzene rings is 1. The number of para-hydroxylation sites is 1. The van der Waals surface area contributed by atoms with Gasteiger partial charge in [0.25, 0.3) is 0 Å². The lowest BCUT2D eigenvalue weighted by Crippen LogP contribution is -2.51. The summed E-state index contributed by atoms with van der Waals surface area (Å²) >= 11 is 0. The SMILES string of the molecule is CCOC(=O)[C@@H]1Cc2ccccc2N1C(=O)CNC(=O)[C@@H](N)[C@@H](C)CC. The lowest BCUT2D eigenvalue weighted by Gasteiger charge is -2.25. The van der Waals surface area contributed by atoms with E-state index in [1.807, 2.05) is 32.0 Å². The van der Waals surface area contributed by atoms with Crippen molar-refractivity contribution in [2.45, 2.75) is 45.7 Å². The van der Waals surface area contributed by atoms with E-state index in [0.29, 0.717) is 12.1 Å². The number of carbonyl (C=O) groups is 3. The van der Waals surface area contributed by atoms with Crippen molar-refractivity contribution in [2.75, 3.05) is 18.1 Å². The fraction of sp³-hybridized carbons (Fsp3) is 0.526. The molecule has 0 saturated carbocycles. The molecule has 0 fully saturated rings. The molecule has 2 rings (SSSR count). The zero-order valence-electron chi connectivity index (χ0n) is 15.5. The van der Waals surface area contributed by atoms with Gasteiger partial charge in [-0.1, -0.05) is 38.5 Å². The van der Waals surface area contributed by atoms with Gasteiger partial charge in [-0.3, -0.25) is 14.5 Å². The number of rotatable bonds is 7. The summed E-state index contributed by atoms with van der Waals surface area (Å²) in [7, 11) is 0. The highest BCUT2D eigenvalue weighted by Crippen LogP contribution is 2.32. The number of hydrogen-bond acceptors (Lipinski definition) is 5. The van der Waals surface area contributed by atoms with E-state index in [-0.39, 0.29) is 30.9 Å². The first-order valence-corrected chi connectivity index (χ1v) is 9.00. The summed E-state index contributed by atoms with van der Waals surface area (Å²) in [5.41, 5.74) is 7.47. The van der Waals surface area contributed by atoms with Crippen molar-refractivity contribution in [1.82, 2.24) is 5.32 Å². The average molecular weight is 361 g/mol. The van der Waals surface area contributed by atoms with E-state index in [4.69, 9.17) is 10.5 Å². The van der Waals surface area contributed by atoms with Crippen LogP contribution in [0.15, 0.2) is 24.3 Å². The number of esters is 1. The molecule has 1 aromatic rings. The van der Waals surface area contributed by atoms with Gasteiger partial charge in [-0.2, -0.15) is 0 Å². The number of anilines is 1. The van der Waals surface area contributed by atoms with Gasteiger partial charge in [0, 0.05) is 12.1 Å². The molecule has 7 nitrogen and oxygen atoms in total. The Morgan fingerprint density at radius 2 is 2.00 bits per heavy atom. The molecule has 1 heterocycles. The van der Waals surface area contributed by atoms with E-state index in [0.717, 1.165) is 12.0 Å². The number of hydrogen-bond donors (Lipinski definition) is 2. The zero-order valence-corrected chi connectivity index (χ0v) is 15.5. The van der Waals surface area contributed by atoms with Gasteiger partial charge in [-0.05, 0) is 24.5 Å². The predicted molar refractivity (Wildman–Crippen MR) is 98.5 cm³/mol. The molecule has 0 bridgehead atoms. The van der Waals surface area contributed by atoms with Crippen LogP contribution in [0.25, 0.3) is 0 Å². The summed E-state index contributed by atoms with van der Waals surface area (Å²) in [6.45, 7) is 5.59. The van der Waals surface area contributed by atoms with E-state index >= 15 is 0 Å². The Kier molecular flexibility index (Phi) is 6.74. The molecule has 0 spiro atoms. The van der Waals surface area contributed by atoms with Gasteiger partial charge in [-0.15, -0.1) is 0 Å². The van der Waals surface area contributed by atoms with Crippen LogP contribution in [0.1, 0.15) is 32.8 Å². The Morgan fingerprint density at radius 3 is 2.65 bits per heavy atom. The number of fused-ring (bicyclic) bond motifs is 1. The summed E-state index contributed by atoms with van der Waals surface area (Å²) in [4.78, 5) is 38.6. The van der Waals surface area contributed by atoms with Crippen LogP contribution in [0.4, 0.5) is 5.69 Å². The number of nitrogens with two attached hydrogens (primary N) is 1. The minimum absolute atomic E-state index is 0.0184. The fourth-order valence-corrected chi connectivity index (χ4v) is 3.00. The van der Waals surface area contributed by atoms with Gasteiger partial charge in [0.05, 0.1) is 19.2 Å². The predicted octanol–water partition coefficient (Wildman–Crippen LogP) is 0.997. The van der Waals surface area contributed by atoms with Crippen LogP contribution in [0.5, 0.6) is 0 Å². The van der Waals surface area contributed by atoms with Gasteiger partial charge in [0.1, 0.15) is 6.04 Å². The summed E-state index contributed by atoms with van der Waals surface area (Å²) in [6.07, 6.45) is 1.17. The third kappa shape index (κ3) is 4.22. The zero-order chi connectivity index (χ0) is 19.3. The molecule has 0 aromatic heterocycles. The van der Waals surface area contributed by atoms with E-state index < -0.39 is 18.1 Å². The molecule has 1 aromatic carbocycles. The number of amides is 2. The Hall–Kier alpha value is -2.41. The van der Waals surface area contributed by atoms with E-state index in [2.05, 4.69) is 5.32 Å². The molecule has 3 atom stereocenters. The fourth-order valence-electron chi connectivity index (χ4n) is 3.00. The number of nitrogens with zero attached hydrogens (tertiary/aromatic N) is 1. The van der Waals surface area contributed by atoms with Crippen LogP contribution < -0.4 is 16.0 Å². The topological polar surface area (TPSA) is 102 Å². The maximum absolute atomic E-state index is 12.8. The third-order valence-electron chi connectivity index (χ3n) is 4.78. The number of carbonyl (C=O) groups excluding carboxylic acids is 3. The minimum Gasteiger partial charge on any atom is -0.464 e. The minimum atomic E-state index is -0.708. The number of nitrogens with one attached hydrogen (secondary N) is 1. The van der Waals surface area contributed by atoms with Gasteiger partial charge in [0.2, 0.25) is 11.8 Å². The second kappa shape index (κ2) is 8.80. The molecule has 1 aliphatic rings. The average Bonchev–Trinajstić information content (AvgIpc) is 3.04. The van der Waals surface area contributed by atoms with Crippen LogP contribution in [0.3, 0.4) is 0 Å². The lowest BCUT2D eigenvalue weighted by molar-refractivity contribution is -0.145. The molecule has 0 aliphatic carbocycles. The van der Waals surface area contributed by atoms with Crippen LogP contribution in [-0.2, 0) is 25.5 Å². The maximum atomic E-state index is 12.8. The van der Waals surface area contributed by atoms with Crippen LogP contribution in [-0.4, -0.2) is 43.0 Å². The standard InChI is InChI=1S/C19H27N3O4/c1-4-12(3)17(20)18(24)21-11-16(23)22-14-9-7-6-8-13(14)10-15(22)19(25)26-5-2/h6-9,12,15,17H,4-5,10-11,20H2,1-3H3,(H,21,24)/t12-,15-,17-/m0/s1. The van der Waals surface area contributed by atoms with Crippen LogP contribution in [0.2, 0.25) is 0 Å². The first-order valence-electron chi connectivity index (χ1n) is 9.00. The summed E-state index contributed by atoms with van der Waals surface area (Å²) in [6, 6.07) is 5.97. The molecule has 2 amide bonds. The largest absolute Gasteiger partial charge is 0.464 e. The highest BCUT2D eigenvalue weighted by Gasteiger charge is 2.39. The van der Waals surface area contributed by atoms with Crippen molar-refractivity contribution in [2.24, 2.45) is 11.7 Å². The molecular formula is C19H27N3O4. The highest BCUT2D eigenvalue weighted by atomic mass is 16.5. The normalized spacial score (nSPS) is 18.0. The molecule has 0 radical (unpaired) electrons. The van der Waals surface area contributed by atoms with E-state index in [1.54, 1.807) is 13.0 Å². The summed E-state index contributed by atoms with van der Waals surface area (Å²) in [5, 5.41) is 2.59. The van der Waals surface area contributed by atoms with Gasteiger partial charge in [-0.25, -0.2) is 4.79 Å². The molecule has 0 unspecified atom stereocenters. The smallest absolute Gasteiger partial charge is 0.329 e. The number of ether oxygens (including phenoxy) is 1. The van der Waals surface area contributed by atoms with Gasteiger partial charge in [0.15, 0.2) is 0 Å². The summed E-state index contributed by atoms with van der Waals surface area (Å²) in [5.74, 6) is -1.16. The van der Waals surface area contributed by atoms with Crippen molar-refractivity contribution >= 4 is 23.5 Å². The Balaban J connectivity index is 2.11. The van der Waals surface area contributed by atoms with Crippen LogP contribution in [0, 0.1) is 5.92 Å². The molecule has 0 saturated heterocycles. The van der Waals surface area contributed by atoms with Crippen molar-refractivity contribution in [3.8, 4) is 0 Å². The Labute approximate surface area is 153 Å². The first-order chi connectivity index (χ1) is 12.4. The Bertz CT molecular complexity index is 677. The Morgan fingerprint density at radius 1 is 1.31 bits per heavy atom. The molecule has 26 heavy (non-hydrogen) atoms. The first kappa shape index (κ1) is 19.9. The second-order valence-corrected chi connectivity index (χ2v) is 6.49. The highest BCUT2D eigenvalue weighted by molar-refractivity contribution is 6.04. The molecule has 1 aliphatic heterocycles. The van der Waals surface area contributed by atoms with Crippen molar-refractivity contribution in [1.29, 1.82) is 0 Å². The van der Waals surface area contributed by atoms with Crippen molar-refractivity contribution in [3.05, 3.63) is 29.8 Å². The quantitative estimate of drug-likeness (QED) is 0.706. The molecule has 3 N–H and O–H groups in total. The molecular weight excluding hydrogens is 334 g/mol. The second-order valence-electron chi connectivity index (χ2n) is 6.49. The molecule has 142 valence electrons. The van der Waals surface area contributed by atoms with E-state index in [1.165, 1.54) is 4.90 Å². The summed E-state index contributed by atoms with van der Waals surface area (Å²) < 4.78 is 5.11. The van der Waals surface area contributed by atoms with Crippen molar-refractivity contribution < 1.29 is 19.1 Å². The monoisotopic (exact) mass is 361 g/mol. The van der Waals surface area contributed by atoms with E-state index in [9.17, 15) is 14.4 Å². The maximum Gasteiger partial charge on any atom is 0.329 e. The third-order valence-corrected chi connectivity index (χ3v) is 4.78. The van der Waals surface area contributed by atoms with Gasteiger partial charge >= 0.3 is 5.97 Å². The molecule has 7 heteroatoms.